The first-order chi connectivity index (χ1) is 10.2. The Labute approximate surface area is 122 Å². The molecule has 5 heteroatoms. The molecule has 1 amide bonds. The second-order valence-corrected chi connectivity index (χ2v) is 4.88. The van der Waals surface area contributed by atoms with Crippen molar-refractivity contribution in [2.24, 2.45) is 0 Å². The lowest BCUT2D eigenvalue weighted by atomic mass is 10.1. The number of aromatic hydroxyl groups is 1. The molecule has 1 heterocycles. The summed E-state index contributed by atoms with van der Waals surface area (Å²) in [5, 5.41) is 15.9. The number of aryl methyl sites for hydroxylation is 1. The average molecular weight is 284 g/mol. The highest BCUT2D eigenvalue weighted by atomic mass is 16.5. The Bertz CT molecular complexity index is 698. The molecule has 0 saturated heterocycles. The molecule has 0 radical (unpaired) electrons. The number of rotatable bonds is 2. The SMILES string of the molecule is Cc1cccc(NC(=O)c2cccc3c2OCCN3)c1O. The van der Waals surface area contributed by atoms with E-state index in [2.05, 4.69) is 10.6 Å². The Hall–Kier alpha value is -2.69. The van der Waals surface area contributed by atoms with Crippen LogP contribution in [0.5, 0.6) is 11.5 Å². The van der Waals surface area contributed by atoms with Gasteiger partial charge in [-0.15, -0.1) is 0 Å². The van der Waals surface area contributed by atoms with Crippen molar-refractivity contribution in [2.75, 3.05) is 23.8 Å². The first kappa shape index (κ1) is 13.3. The smallest absolute Gasteiger partial charge is 0.259 e. The maximum atomic E-state index is 12.4. The minimum absolute atomic E-state index is 0.0784. The van der Waals surface area contributed by atoms with Gasteiger partial charge in [0.25, 0.3) is 5.91 Å². The molecular formula is C16H16N2O3. The van der Waals surface area contributed by atoms with Crippen molar-refractivity contribution in [2.45, 2.75) is 6.92 Å². The normalized spacial score (nSPS) is 12.8. The van der Waals surface area contributed by atoms with Gasteiger partial charge in [-0.3, -0.25) is 4.79 Å². The van der Waals surface area contributed by atoms with Gasteiger partial charge in [-0.2, -0.15) is 0 Å². The molecule has 2 aromatic carbocycles. The lowest BCUT2D eigenvalue weighted by Gasteiger charge is -2.21. The predicted molar refractivity (Wildman–Crippen MR) is 81.2 cm³/mol. The van der Waals surface area contributed by atoms with Crippen molar-refractivity contribution in [3.63, 3.8) is 0 Å². The van der Waals surface area contributed by atoms with E-state index < -0.39 is 0 Å². The number of phenolic OH excluding ortho intramolecular Hbond substituents is 1. The van der Waals surface area contributed by atoms with E-state index in [0.29, 0.717) is 29.2 Å². The number of amides is 1. The summed E-state index contributed by atoms with van der Waals surface area (Å²) in [6, 6.07) is 10.6. The van der Waals surface area contributed by atoms with E-state index in [1.807, 2.05) is 6.07 Å². The highest BCUT2D eigenvalue weighted by Gasteiger charge is 2.19. The number of benzene rings is 2. The van der Waals surface area contributed by atoms with Crippen LogP contribution in [-0.4, -0.2) is 24.2 Å². The number of carbonyl (C=O) groups is 1. The van der Waals surface area contributed by atoms with Gasteiger partial charge in [0.2, 0.25) is 0 Å². The summed E-state index contributed by atoms with van der Waals surface area (Å²) in [6.07, 6.45) is 0. The van der Waals surface area contributed by atoms with Crippen LogP contribution in [0.3, 0.4) is 0 Å². The van der Waals surface area contributed by atoms with Gasteiger partial charge in [-0.25, -0.2) is 0 Å². The number of hydrogen-bond acceptors (Lipinski definition) is 4. The van der Waals surface area contributed by atoms with E-state index in [1.165, 1.54) is 0 Å². The number of phenols is 1. The standard InChI is InChI=1S/C16H16N2O3/c1-10-4-2-6-12(14(10)19)18-16(20)11-5-3-7-13-15(11)21-9-8-17-13/h2-7,17,19H,8-9H2,1H3,(H,18,20). The van der Waals surface area contributed by atoms with E-state index in [1.54, 1.807) is 37.3 Å². The van der Waals surface area contributed by atoms with E-state index in [4.69, 9.17) is 4.74 Å². The van der Waals surface area contributed by atoms with Crippen molar-refractivity contribution < 1.29 is 14.6 Å². The summed E-state index contributed by atoms with van der Waals surface area (Å²) in [7, 11) is 0. The lowest BCUT2D eigenvalue weighted by molar-refractivity contribution is 0.102. The first-order valence-electron chi connectivity index (χ1n) is 6.76. The monoisotopic (exact) mass is 284 g/mol. The Morgan fingerprint density at radius 1 is 1.29 bits per heavy atom. The van der Waals surface area contributed by atoms with Gasteiger partial charge in [0.05, 0.1) is 16.9 Å². The fourth-order valence-corrected chi connectivity index (χ4v) is 2.30. The number of carbonyl (C=O) groups excluding carboxylic acids is 1. The van der Waals surface area contributed by atoms with Crippen LogP contribution in [0, 0.1) is 6.92 Å². The Balaban J connectivity index is 1.91. The van der Waals surface area contributed by atoms with Crippen LogP contribution in [0.4, 0.5) is 11.4 Å². The summed E-state index contributed by atoms with van der Waals surface area (Å²) in [6.45, 7) is 3.02. The molecule has 108 valence electrons. The number of anilines is 2. The van der Waals surface area contributed by atoms with Crippen molar-refractivity contribution >= 4 is 17.3 Å². The van der Waals surface area contributed by atoms with Crippen LogP contribution < -0.4 is 15.4 Å². The van der Waals surface area contributed by atoms with Gasteiger partial charge < -0.3 is 20.5 Å². The molecule has 0 fully saturated rings. The van der Waals surface area contributed by atoms with Gasteiger partial charge >= 0.3 is 0 Å². The molecule has 3 rings (SSSR count). The number of fused-ring (bicyclic) bond motifs is 1. The number of para-hydroxylation sites is 2. The van der Waals surface area contributed by atoms with Crippen LogP contribution >= 0.6 is 0 Å². The fraction of sp³-hybridized carbons (Fsp3) is 0.188. The summed E-state index contributed by atoms with van der Waals surface area (Å²) in [5.74, 6) is 0.319. The van der Waals surface area contributed by atoms with Gasteiger partial charge in [0, 0.05) is 6.54 Å². The van der Waals surface area contributed by atoms with Crippen LogP contribution in [0.2, 0.25) is 0 Å². The summed E-state index contributed by atoms with van der Waals surface area (Å²) in [4.78, 5) is 12.4. The van der Waals surface area contributed by atoms with Crippen molar-refractivity contribution in [1.82, 2.24) is 0 Å². The quantitative estimate of drug-likeness (QED) is 0.742. The van der Waals surface area contributed by atoms with E-state index in [9.17, 15) is 9.90 Å². The molecule has 0 saturated carbocycles. The van der Waals surface area contributed by atoms with E-state index in [0.717, 1.165) is 12.2 Å². The third kappa shape index (κ3) is 2.50. The second-order valence-electron chi connectivity index (χ2n) is 4.88. The van der Waals surface area contributed by atoms with Crippen molar-refractivity contribution in [3.05, 3.63) is 47.5 Å². The minimum atomic E-state index is -0.309. The molecule has 21 heavy (non-hydrogen) atoms. The zero-order chi connectivity index (χ0) is 14.8. The average Bonchev–Trinajstić information content (AvgIpc) is 2.51. The van der Waals surface area contributed by atoms with Gasteiger partial charge in [-0.05, 0) is 30.7 Å². The molecule has 0 aromatic heterocycles. The lowest BCUT2D eigenvalue weighted by Crippen LogP contribution is -2.21. The number of nitrogens with one attached hydrogen (secondary N) is 2. The molecule has 5 nitrogen and oxygen atoms in total. The Kier molecular flexibility index (Phi) is 3.39. The molecule has 1 aliphatic rings. The number of hydrogen-bond donors (Lipinski definition) is 3. The summed E-state index contributed by atoms with van der Waals surface area (Å²) >= 11 is 0. The van der Waals surface area contributed by atoms with Crippen LogP contribution in [0.15, 0.2) is 36.4 Å². The van der Waals surface area contributed by atoms with Gasteiger partial charge in [0.1, 0.15) is 12.4 Å². The molecule has 2 aromatic rings. The van der Waals surface area contributed by atoms with Crippen LogP contribution in [-0.2, 0) is 0 Å². The highest BCUT2D eigenvalue weighted by molar-refractivity contribution is 6.08. The molecular weight excluding hydrogens is 268 g/mol. The third-order valence-electron chi connectivity index (χ3n) is 3.41. The maximum Gasteiger partial charge on any atom is 0.259 e. The third-order valence-corrected chi connectivity index (χ3v) is 3.41. The van der Waals surface area contributed by atoms with E-state index >= 15 is 0 Å². The molecule has 0 atom stereocenters. The molecule has 0 aliphatic carbocycles. The summed E-state index contributed by atoms with van der Waals surface area (Å²) < 4.78 is 5.58. The fourth-order valence-electron chi connectivity index (χ4n) is 2.30. The minimum Gasteiger partial charge on any atom is -0.505 e. The Morgan fingerprint density at radius 3 is 2.95 bits per heavy atom. The molecule has 0 spiro atoms. The topological polar surface area (TPSA) is 70.6 Å². The first-order valence-corrected chi connectivity index (χ1v) is 6.76. The predicted octanol–water partition coefficient (Wildman–Crippen LogP) is 2.76. The molecule has 3 N–H and O–H groups in total. The largest absolute Gasteiger partial charge is 0.505 e. The van der Waals surface area contributed by atoms with E-state index in [-0.39, 0.29) is 11.7 Å². The zero-order valence-corrected chi connectivity index (χ0v) is 11.6. The van der Waals surface area contributed by atoms with Crippen LogP contribution in [0.1, 0.15) is 15.9 Å². The molecule has 0 bridgehead atoms. The van der Waals surface area contributed by atoms with Gasteiger partial charge in [0.15, 0.2) is 5.75 Å². The number of ether oxygens (including phenoxy) is 1. The van der Waals surface area contributed by atoms with Crippen molar-refractivity contribution in [3.8, 4) is 11.5 Å². The second kappa shape index (κ2) is 5.36. The molecule has 1 aliphatic heterocycles. The highest BCUT2D eigenvalue weighted by Crippen LogP contribution is 2.33. The Morgan fingerprint density at radius 2 is 2.10 bits per heavy atom. The molecule has 0 unspecified atom stereocenters. The van der Waals surface area contributed by atoms with Gasteiger partial charge in [-0.1, -0.05) is 18.2 Å². The van der Waals surface area contributed by atoms with Crippen molar-refractivity contribution in [1.29, 1.82) is 0 Å². The van der Waals surface area contributed by atoms with Crippen LogP contribution in [0.25, 0.3) is 0 Å². The zero-order valence-electron chi connectivity index (χ0n) is 11.6. The summed E-state index contributed by atoms with van der Waals surface area (Å²) in [5.41, 5.74) is 2.35. The maximum absolute atomic E-state index is 12.4.